The molecule has 4 aliphatic rings. The molecule has 0 spiro atoms. The topological polar surface area (TPSA) is 66.3 Å². The van der Waals surface area contributed by atoms with Gasteiger partial charge in [0.25, 0.3) is 5.91 Å². The number of aromatic nitrogens is 3. The van der Waals surface area contributed by atoms with E-state index in [4.69, 9.17) is 0 Å². The molecule has 1 amide bonds. The number of hydrogen-bond acceptors (Lipinski definition) is 5. The quantitative estimate of drug-likeness (QED) is 0.783. The van der Waals surface area contributed by atoms with E-state index >= 15 is 0 Å². The number of likely N-dealkylation sites (tertiary alicyclic amines) is 1. The van der Waals surface area contributed by atoms with Crippen LogP contribution in [0.25, 0.3) is 0 Å². The van der Waals surface area contributed by atoms with Gasteiger partial charge in [-0.25, -0.2) is 4.68 Å². The van der Waals surface area contributed by atoms with Gasteiger partial charge in [0, 0.05) is 31.2 Å². The normalized spacial score (nSPS) is 25.2. The van der Waals surface area contributed by atoms with Crippen molar-refractivity contribution in [3.05, 3.63) is 46.8 Å². The molecule has 1 atom stereocenters. The first-order chi connectivity index (χ1) is 15.7. The van der Waals surface area contributed by atoms with Crippen molar-refractivity contribution in [1.29, 1.82) is 0 Å². The Labute approximate surface area is 190 Å². The summed E-state index contributed by atoms with van der Waals surface area (Å²) in [5.41, 5.74) is 4.67. The molecule has 3 aliphatic heterocycles. The first-order valence-corrected chi connectivity index (χ1v) is 12.5. The van der Waals surface area contributed by atoms with Gasteiger partial charge >= 0.3 is 0 Å². The summed E-state index contributed by atoms with van der Waals surface area (Å²) >= 11 is 0. The molecule has 32 heavy (non-hydrogen) atoms. The van der Waals surface area contributed by atoms with Crippen molar-refractivity contribution in [2.45, 2.75) is 76.0 Å². The summed E-state index contributed by atoms with van der Waals surface area (Å²) in [7, 11) is 0. The average molecular weight is 435 g/mol. The van der Waals surface area contributed by atoms with Crippen LogP contribution in [0.5, 0.6) is 0 Å². The van der Waals surface area contributed by atoms with E-state index < -0.39 is 0 Å². The number of nitrogens with one attached hydrogen (secondary N) is 1. The first-order valence-electron chi connectivity index (χ1n) is 12.5. The van der Waals surface area contributed by atoms with E-state index in [1.54, 1.807) is 0 Å². The highest BCUT2D eigenvalue weighted by Gasteiger charge is 2.34. The van der Waals surface area contributed by atoms with Crippen LogP contribution in [-0.4, -0.2) is 62.9 Å². The van der Waals surface area contributed by atoms with Gasteiger partial charge in [-0.2, -0.15) is 0 Å². The lowest BCUT2D eigenvalue weighted by molar-refractivity contribution is 0.0674. The first kappa shape index (κ1) is 20.4. The van der Waals surface area contributed by atoms with Gasteiger partial charge in [-0.15, -0.1) is 5.10 Å². The molecule has 1 aromatic heterocycles. The highest BCUT2D eigenvalue weighted by atomic mass is 16.2. The molecule has 1 aromatic carbocycles. The summed E-state index contributed by atoms with van der Waals surface area (Å²) in [6.45, 7) is 5.88. The number of benzene rings is 1. The van der Waals surface area contributed by atoms with E-state index in [0.29, 0.717) is 18.0 Å². The Morgan fingerprint density at radius 2 is 1.88 bits per heavy atom. The molecule has 6 rings (SSSR count). The van der Waals surface area contributed by atoms with Crippen molar-refractivity contribution < 1.29 is 4.79 Å². The van der Waals surface area contributed by atoms with E-state index in [1.165, 1.54) is 43.2 Å². The summed E-state index contributed by atoms with van der Waals surface area (Å²) in [6, 6.07) is 7.56. The summed E-state index contributed by atoms with van der Waals surface area (Å²) < 4.78 is 2.07. The van der Waals surface area contributed by atoms with E-state index in [2.05, 4.69) is 54.5 Å². The van der Waals surface area contributed by atoms with Crippen LogP contribution in [0.1, 0.15) is 84.1 Å². The molecule has 0 radical (unpaired) electrons. The van der Waals surface area contributed by atoms with Gasteiger partial charge in [0.15, 0.2) is 0 Å². The second-order valence-electron chi connectivity index (χ2n) is 10.2. The predicted molar refractivity (Wildman–Crippen MR) is 122 cm³/mol. The smallest absolute Gasteiger partial charge is 0.254 e. The van der Waals surface area contributed by atoms with Crippen molar-refractivity contribution >= 4 is 5.91 Å². The van der Waals surface area contributed by atoms with E-state index in [9.17, 15) is 4.79 Å². The molecular formula is C25H34N6O. The summed E-state index contributed by atoms with van der Waals surface area (Å²) in [4.78, 5) is 17.6. The number of carbonyl (C=O) groups excluding carboxylic acids is 1. The standard InChI is InChI=1S/C25H34N6O/c32-25-24-7-6-19(13-20(24)15-30(25)23-5-2-10-26-14-23)18-8-11-29(12-9-18)16-21-17-31(28-27-21)22-3-1-4-22/h6-7,13,17-18,22-23,26H,1-5,8-12,14-16H2. The molecule has 1 aliphatic carbocycles. The maximum absolute atomic E-state index is 12.9. The van der Waals surface area contributed by atoms with Crippen LogP contribution in [0.3, 0.4) is 0 Å². The molecule has 7 nitrogen and oxygen atoms in total. The molecule has 1 saturated carbocycles. The lowest BCUT2D eigenvalue weighted by Crippen LogP contribution is -2.46. The SMILES string of the molecule is O=C1c2ccc(C3CCN(Cc4cn(C5CCC5)nn4)CC3)cc2CN1C1CCCNC1. The summed E-state index contributed by atoms with van der Waals surface area (Å²) in [6.07, 6.45) is 10.6. The monoisotopic (exact) mass is 434 g/mol. The number of fused-ring (bicyclic) bond motifs is 1. The van der Waals surface area contributed by atoms with Crippen LogP contribution in [0.4, 0.5) is 0 Å². The highest BCUT2D eigenvalue weighted by molar-refractivity contribution is 5.98. The van der Waals surface area contributed by atoms with Crippen molar-refractivity contribution in [2.75, 3.05) is 26.2 Å². The number of hydrogen-bond donors (Lipinski definition) is 1. The number of carbonyl (C=O) groups is 1. The number of nitrogens with zero attached hydrogens (tertiary/aromatic N) is 5. The Morgan fingerprint density at radius 3 is 2.62 bits per heavy atom. The third-order valence-corrected chi connectivity index (χ3v) is 8.12. The van der Waals surface area contributed by atoms with Gasteiger partial charge in [0.2, 0.25) is 0 Å². The Balaban J connectivity index is 1.06. The van der Waals surface area contributed by atoms with Crippen molar-refractivity contribution in [1.82, 2.24) is 30.1 Å². The third-order valence-electron chi connectivity index (χ3n) is 8.12. The van der Waals surface area contributed by atoms with Crippen LogP contribution >= 0.6 is 0 Å². The van der Waals surface area contributed by atoms with Crippen LogP contribution in [0.15, 0.2) is 24.4 Å². The fourth-order valence-electron chi connectivity index (χ4n) is 5.88. The molecule has 4 heterocycles. The molecule has 1 N–H and O–H groups in total. The average Bonchev–Trinajstić information content (AvgIpc) is 3.38. The minimum atomic E-state index is 0.227. The van der Waals surface area contributed by atoms with E-state index in [-0.39, 0.29) is 5.91 Å². The zero-order valence-corrected chi connectivity index (χ0v) is 18.9. The van der Waals surface area contributed by atoms with Gasteiger partial charge in [0.05, 0.1) is 17.9 Å². The Bertz CT molecular complexity index is 969. The molecule has 170 valence electrons. The summed E-state index contributed by atoms with van der Waals surface area (Å²) in [5, 5.41) is 12.2. The zero-order valence-electron chi connectivity index (χ0n) is 18.9. The minimum absolute atomic E-state index is 0.227. The molecule has 2 saturated heterocycles. The molecular weight excluding hydrogens is 400 g/mol. The van der Waals surface area contributed by atoms with Crippen LogP contribution in [0, 0.1) is 0 Å². The fourth-order valence-corrected chi connectivity index (χ4v) is 5.88. The predicted octanol–water partition coefficient (Wildman–Crippen LogP) is 3.09. The van der Waals surface area contributed by atoms with Gasteiger partial charge in [-0.3, -0.25) is 9.69 Å². The molecule has 3 fully saturated rings. The third kappa shape index (κ3) is 3.86. The Hall–Kier alpha value is -2.25. The second-order valence-corrected chi connectivity index (χ2v) is 10.2. The fraction of sp³-hybridized carbons (Fsp3) is 0.640. The second kappa shape index (κ2) is 8.60. The summed E-state index contributed by atoms with van der Waals surface area (Å²) in [5.74, 6) is 0.813. The Morgan fingerprint density at radius 1 is 1.03 bits per heavy atom. The lowest BCUT2D eigenvalue weighted by Gasteiger charge is -2.32. The van der Waals surface area contributed by atoms with Crippen LogP contribution < -0.4 is 5.32 Å². The molecule has 0 bridgehead atoms. The van der Waals surface area contributed by atoms with Gasteiger partial charge in [0.1, 0.15) is 0 Å². The van der Waals surface area contributed by atoms with E-state index in [1.807, 2.05) is 0 Å². The molecule has 7 heteroatoms. The van der Waals surface area contributed by atoms with Crippen molar-refractivity contribution in [3.8, 4) is 0 Å². The Kier molecular flexibility index (Phi) is 5.47. The van der Waals surface area contributed by atoms with Crippen LogP contribution in [-0.2, 0) is 13.1 Å². The number of amides is 1. The lowest BCUT2D eigenvalue weighted by atomic mass is 9.88. The minimum Gasteiger partial charge on any atom is -0.330 e. The molecule has 1 unspecified atom stereocenters. The maximum atomic E-state index is 12.9. The van der Waals surface area contributed by atoms with Gasteiger partial charge in [-0.05, 0) is 87.7 Å². The molecule has 2 aromatic rings. The maximum Gasteiger partial charge on any atom is 0.254 e. The van der Waals surface area contributed by atoms with Gasteiger partial charge < -0.3 is 10.2 Å². The van der Waals surface area contributed by atoms with Gasteiger partial charge in [-0.1, -0.05) is 17.3 Å². The highest BCUT2D eigenvalue weighted by Crippen LogP contribution is 2.34. The van der Waals surface area contributed by atoms with Crippen molar-refractivity contribution in [2.24, 2.45) is 0 Å². The van der Waals surface area contributed by atoms with E-state index in [0.717, 1.165) is 63.4 Å². The number of piperidine rings is 2. The largest absolute Gasteiger partial charge is 0.330 e. The zero-order chi connectivity index (χ0) is 21.5. The van der Waals surface area contributed by atoms with Crippen LogP contribution in [0.2, 0.25) is 0 Å². The number of rotatable bonds is 5. The van der Waals surface area contributed by atoms with Crippen molar-refractivity contribution in [3.63, 3.8) is 0 Å².